The maximum absolute atomic E-state index is 13.2. The zero-order chi connectivity index (χ0) is 25.5. The number of anilines is 1. The fraction of sp³-hybridized carbons (Fsp3) is 0.192. The molecule has 37 heavy (non-hydrogen) atoms. The number of likely N-dealkylation sites (N-methyl/N-ethyl adjacent to an activating group) is 1. The van der Waals surface area contributed by atoms with Gasteiger partial charge in [-0.3, -0.25) is 9.59 Å². The summed E-state index contributed by atoms with van der Waals surface area (Å²) >= 11 is 3.16. The maximum atomic E-state index is 13.2. The minimum atomic E-state index is -0.389. The molecule has 2 aromatic carbocycles. The predicted octanol–water partition coefficient (Wildman–Crippen LogP) is 5.57. The van der Waals surface area contributed by atoms with Gasteiger partial charge in [0.2, 0.25) is 5.91 Å². The van der Waals surface area contributed by atoms with Gasteiger partial charge in [-0.1, -0.05) is 6.07 Å². The number of methoxy groups -OCH3 is 1. The van der Waals surface area contributed by atoms with E-state index in [0.717, 1.165) is 15.6 Å². The maximum Gasteiger partial charge on any atom is 0.255 e. The van der Waals surface area contributed by atoms with Crippen LogP contribution in [0.15, 0.2) is 65.4 Å². The average Bonchev–Trinajstić information content (AvgIpc) is 3.60. The van der Waals surface area contributed by atoms with Gasteiger partial charge in [0.25, 0.3) is 5.91 Å². The standard InChI is InChI=1S/C26H26N4O4S2.ClH/c1-16(27-2)24(31)29-17-6-11-22(34-20-9-7-19(33-3)8-10-20)21(13-17)25(32)28-14-18-15-36-26(30-18)23-5-4-12-35-23;/h4-13,15-16,27H,14H2,1-3H3,(H,28,32)(H,29,31);1H/t16-;/m0./s1. The van der Waals surface area contributed by atoms with Crippen LogP contribution in [0, 0.1) is 0 Å². The number of thiazole rings is 1. The second-order valence-corrected chi connectivity index (χ2v) is 9.60. The summed E-state index contributed by atoms with van der Waals surface area (Å²) in [5.41, 5.74) is 1.54. The Kier molecular flexibility index (Phi) is 10.0. The first kappa shape index (κ1) is 28.1. The van der Waals surface area contributed by atoms with E-state index in [2.05, 4.69) is 20.9 Å². The van der Waals surface area contributed by atoms with Crippen LogP contribution in [-0.2, 0) is 11.3 Å². The van der Waals surface area contributed by atoms with Crippen molar-refractivity contribution in [3.63, 3.8) is 0 Å². The van der Waals surface area contributed by atoms with Gasteiger partial charge in [-0.05, 0) is 67.9 Å². The molecule has 4 aromatic rings. The van der Waals surface area contributed by atoms with E-state index in [1.807, 2.05) is 22.9 Å². The van der Waals surface area contributed by atoms with E-state index in [1.54, 1.807) is 74.9 Å². The third kappa shape index (κ3) is 7.30. The Morgan fingerprint density at radius 2 is 1.81 bits per heavy atom. The fourth-order valence-electron chi connectivity index (χ4n) is 3.19. The molecule has 0 bridgehead atoms. The Balaban J connectivity index is 0.00000380. The van der Waals surface area contributed by atoms with Gasteiger partial charge in [-0.15, -0.1) is 35.1 Å². The van der Waals surface area contributed by atoms with Crippen molar-refractivity contribution in [3.05, 3.63) is 76.6 Å². The summed E-state index contributed by atoms with van der Waals surface area (Å²) in [5, 5.41) is 13.5. The van der Waals surface area contributed by atoms with Crippen LogP contribution >= 0.6 is 35.1 Å². The Bertz CT molecular complexity index is 1330. The Morgan fingerprint density at radius 3 is 2.49 bits per heavy atom. The first-order chi connectivity index (χ1) is 17.5. The minimum absolute atomic E-state index is 0. The smallest absolute Gasteiger partial charge is 0.255 e. The molecule has 0 saturated heterocycles. The number of nitrogens with zero attached hydrogens (tertiary/aromatic N) is 1. The van der Waals surface area contributed by atoms with E-state index in [4.69, 9.17) is 9.47 Å². The highest BCUT2D eigenvalue weighted by molar-refractivity contribution is 7.20. The van der Waals surface area contributed by atoms with Gasteiger partial charge < -0.3 is 25.4 Å². The number of hydrogen-bond donors (Lipinski definition) is 3. The van der Waals surface area contributed by atoms with E-state index >= 15 is 0 Å². The van der Waals surface area contributed by atoms with Crippen LogP contribution in [0.2, 0.25) is 0 Å². The first-order valence-corrected chi connectivity index (χ1v) is 12.9. The third-order valence-electron chi connectivity index (χ3n) is 5.32. The highest BCUT2D eigenvalue weighted by Gasteiger charge is 2.18. The average molecular weight is 559 g/mol. The fourth-order valence-corrected chi connectivity index (χ4v) is 4.83. The Morgan fingerprint density at radius 1 is 1.05 bits per heavy atom. The van der Waals surface area contributed by atoms with E-state index in [-0.39, 0.29) is 42.4 Å². The van der Waals surface area contributed by atoms with Gasteiger partial charge in [-0.2, -0.15) is 0 Å². The predicted molar refractivity (Wildman–Crippen MR) is 151 cm³/mol. The SMILES string of the molecule is CN[C@@H](C)C(=O)Nc1ccc(Oc2ccc(OC)cc2)c(C(=O)NCc2csc(-c3cccs3)n2)c1.Cl. The molecule has 2 amide bonds. The number of carbonyl (C=O) groups is 2. The number of carbonyl (C=O) groups excluding carboxylic acids is 2. The number of halogens is 1. The van der Waals surface area contributed by atoms with E-state index in [0.29, 0.717) is 22.9 Å². The van der Waals surface area contributed by atoms with E-state index in [1.165, 1.54) is 11.3 Å². The van der Waals surface area contributed by atoms with E-state index in [9.17, 15) is 9.59 Å². The van der Waals surface area contributed by atoms with Crippen LogP contribution in [-0.4, -0.2) is 37.0 Å². The number of rotatable bonds is 10. The van der Waals surface area contributed by atoms with Gasteiger partial charge in [0, 0.05) is 11.1 Å². The molecule has 0 aliphatic rings. The highest BCUT2D eigenvalue weighted by atomic mass is 35.5. The molecule has 2 heterocycles. The molecule has 0 saturated carbocycles. The van der Waals surface area contributed by atoms with Crippen molar-refractivity contribution in [2.45, 2.75) is 19.5 Å². The van der Waals surface area contributed by atoms with Gasteiger partial charge in [0.15, 0.2) is 0 Å². The molecule has 3 N–H and O–H groups in total. The number of hydrogen-bond acceptors (Lipinski definition) is 8. The van der Waals surface area contributed by atoms with Crippen molar-refractivity contribution in [3.8, 4) is 27.1 Å². The van der Waals surface area contributed by atoms with Gasteiger partial charge in [0.1, 0.15) is 22.3 Å². The zero-order valence-electron chi connectivity index (χ0n) is 20.4. The lowest BCUT2D eigenvalue weighted by Crippen LogP contribution is -2.35. The number of ether oxygens (including phenoxy) is 2. The summed E-state index contributed by atoms with van der Waals surface area (Å²) in [6, 6.07) is 15.6. The van der Waals surface area contributed by atoms with Gasteiger partial charge in [-0.25, -0.2) is 4.98 Å². The van der Waals surface area contributed by atoms with Gasteiger partial charge >= 0.3 is 0 Å². The molecule has 1 atom stereocenters. The molecular weight excluding hydrogens is 532 g/mol. The molecule has 0 spiro atoms. The van der Waals surface area contributed by atoms with Crippen LogP contribution < -0.4 is 25.4 Å². The third-order valence-corrected chi connectivity index (χ3v) is 7.25. The first-order valence-electron chi connectivity index (χ1n) is 11.2. The summed E-state index contributed by atoms with van der Waals surface area (Å²) in [6.07, 6.45) is 0. The second kappa shape index (κ2) is 13.2. The summed E-state index contributed by atoms with van der Waals surface area (Å²) in [5.74, 6) is 1.04. The molecule has 0 radical (unpaired) electrons. The number of amides is 2. The largest absolute Gasteiger partial charge is 0.497 e. The van der Waals surface area contributed by atoms with Crippen molar-refractivity contribution >= 4 is 52.6 Å². The zero-order valence-corrected chi connectivity index (χ0v) is 22.9. The lowest BCUT2D eigenvalue weighted by Gasteiger charge is -2.15. The Labute approximate surface area is 229 Å². The van der Waals surface area contributed by atoms with Crippen molar-refractivity contribution < 1.29 is 19.1 Å². The van der Waals surface area contributed by atoms with Crippen molar-refractivity contribution in [2.24, 2.45) is 0 Å². The molecular formula is C26H27ClN4O4S2. The quantitative estimate of drug-likeness (QED) is 0.235. The number of aromatic nitrogens is 1. The number of thiophene rings is 1. The van der Waals surface area contributed by atoms with Crippen molar-refractivity contribution in [2.75, 3.05) is 19.5 Å². The summed E-state index contributed by atoms with van der Waals surface area (Å²) in [6.45, 7) is 2.01. The van der Waals surface area contributed by atoms with E-state index < -0.39 is 0 Å². The normalized spacial score (nSPS) is 11.2. The van der Waals surface area contributed by atoms with Crippen LogP contribution in [0.5, 0.6) is 17.2 Å². The second-order valence-electron chi connectivity index (χ2n) is 7.79. The summed E-state index contributed by atoms with van der Waals surface area (Å²) in [4.78, 5) is 31.3. The molecule has 0 aliphatic carbocycles. The minimum Gasteiger partial charge on any atom is -0.497 e. The molecule has 8 nitrogen and oxygen atoms in total. The lowest BCUT2D eigenvalue weighted by atomic mass is 10.1. The molecule has 0 fully saturated rings. The van der Waals surface area contributed by atoms with Crippen LogP contribution in [0.1, 0.15) is 23.0 Å². The number of benzene rings is 2. The highest BCUT2D eigenvalue weighted by Crippen LogP contribution is 2.30. The summed E-state index contributed by atoms with van der Waals surface area (Å²) in [7, 11) is 3.29. The lowest BCUT2D eigenvalue weighted by molar-refractivity contribution is -0.117. The Hall–Kier alpha value is -3.44. The molecule has 4 rings (SSSR count). The molecule has 194 valence electrons. The van der Waals surface area contributed by atoms with Crippen LogP contribution in [0.3, 0.4) is 0 Å². The number of nitrogens with one attached hydrogen (secondary N) is 3. The molecule has 2 aromatic heterocycles. The van der Waals surface area contributed by atoms with Crippen LogP contribution in [0.25, 0.3) is 9.88 Å². The van der Waals surface area contributed by atoms with Gasteiger partial charge in [0.05, 0.1) is 35.8 Å². The van der Waals surface area contributed by atoms with Crippen LogP contribution in [0.4, 0.5) is 5.69 Å². The molecule has 0 unspecified atom stereocenters. The molecule has 0 aliphatic heterocycles. The van der Waals surface area contributed by atoms with Crippen molar-refractivity contribution in [1.29, 1.82) is 0 Å². The monoisotopic (exact) mass is 558 g/mol. The summed E-state index contributed by atoms with van der Waals surface area (Å²) < 4.78 is 11.2. The topological polar surface area (TPSA) is 102 Å². The van der Waals surface area contributed by atoms with Crippen molar-refractivity contribution in [1.82, 2.24) is 15.6 Å². The molecule has 11 heteroatoms.